The van der Waals surface area contributed by atoms with Gasteiger partial charge in [-0.05, 0) is 32.9 Å². The first-order chi connectivity index (χ1) is 7.78. The molecule has 1 aromatic carbocycles. The van der Waals surface area contributed by atoms with Gasteiger partial charge in [0.1, 0.15) is 11.6 Å². The highest BCUT2D eigenvalue weighted by molar-refractivity contribution is 6.30. The smallest absolute Gasteiger partial charge is 0.258 e. The van der Waals surface area contributed by atoms with Gasteiger partial charge in [0.05, 0.1) is 5.02 Å². The molecule has 0 saturated heterocycles. The quantitative estimate of drug-likeness (QED) is 0.907. The third kappa shape index (κ3) is 5.04. The zero-order chi connectivity index (χ0) is 13.1. The summed E-state index contributed by atoms with van der Waals surface area (Å²) in [7, 11) is 0. The van der Waals surface area contributed by atoms with Gasteiger partial charge in [-0.2, -0.15) is 0 Å². The standard InChI is InChI=1S/C12H15ClFNO2/c1-12(2,3)15-11(16)7-17-8-4-5-10(14)9(13)6-8/h4-6H,7H2,1-3H3,(H,15,16). The Morgan fingerprint density at radius 2 is 2.12 bits per heavy atom. The van der Waals surface area contributed by atoms with Crippen LogP contribution < -0.4 is 10.1 Å². The largest absolute Gasteiger partial charge is 0.484 e. The fraction of sp³-hybridized carbons (Fsp3) is 0.417. The Kier molecular flexibility index (Phi) is 4.34. The molecule has 0 aliphatic carbocycles. The van der Waals surface area contributed by atoms with E-state index in [1.54, 1.807) is 0 Å². The molecule has 0 aliphatic rings. The number of hydrogen-bond donors (Lipinski definition) is 1. The maximum absolute atomic E-state index is 12.9. The number of amides is 1. The third-order valence-corrected chi connectivity index (χ3v) is 2.07. The number of rotatable bonds is 3. The summed E-state index contributed by atoms with van der Waals surface area (Å²) in [5.41, 5.74) is -0.305. The molecule has 1 rings (SSSR count). The molecule has 17 heavy (non-hydrogen) atoms. The van der Waals surface area contributed by atoms with E-state index in [9.17, 15) is 9.18 Å². The Bertz CT molecular complexity index is 415. The van der Waals surface area contributed by atoms with Crippen LogP contribution in [-0.2, 0) is 4.79 Å². The van der Waals surface area contributed by atoms with Crippen LogP contribution in [0.3, 0.4) is 0 Å². The molecule has 1 amide bonds. The Balaban J connectivity index is 2.50. The van der Waals surface area contributed by atoms with Crippen LogP contribution in [0.25, 0.3) is 0 Å². The summed E-state index contributed by atoms with van der Waals surface area (Å²) in [6.45, 7) is 5.50. The van der Waals surface area contributed by atoms with E-state index in [1.807, 2.05) is 20.8 Å². The highest BCUT2D eigenvalue weighted by Gasteiger charge is 2.14. The first kappa shape index (κ1) is 13.8. The fourth-order valence-electron chi connectivity index (χ4n) is 1.17. The van der Waals surface area contributed by atoms with Crippen molar-refractivity contribution in [3.05, 3.63) is 29.0 Å². The van der Waals surface area contributed by atoms with Crippen molar-refractivity contribution in [1.29, 1.82) is 0 Å². The summed E-state index contributed by atoms with van der Waals surface area (Å²) in [5, 5.41) is 2.72. The zero-order valence-electron chi connectivity index (χ0n) is 10.0. The lowest BCUT2D eigenvalue weighted by molar-refractivity contribution is -0.124. The van der Waals surface area contributed by atoms with Crippen LogP contribution in [0.5, 0.6) is 5.75 Å². The van der Waals surface area contributed by atoms with Crippen molar-refractivity contribution in [2.45, 2.75) is 26.3 Å². The van der Waals surface area contributed by atoms with Crippen molar-refractivity contribution in [3.63, 3.8) is 0 Å². The number of nitrogens with one attached hydrogen (secondary N) is 1. The second-order valence-corrected chi connectivity index (χ2v) is 5.07. The topological polar surface area (TPSA) is 38.3 Å². The Hall–Kier alpha value is -1.29. The molecule has 0 radical (unpaired) electrons. The molecule has 0 bridgehead atoms. The molecule has 5 heteroatoms. The SMILES string of the molecule is CC(C)(C)NC(=O)COc1ccc(F)c(Cl)c1. The van der Waals surface area contributed by atoms with Gasteiger partial charge in [0.2, 0.25) is 0 Å². The number of benzene rings is 1. The van der Waals surface area contributed by atoms with Gasteiger partial charge in [0.25, 0.3) is 5.91 Å². The van der Waals surface area contributed by atoms with Crippen molar-refractivity contribution in [2.75, 3.05) is 6.61 Å². The predicted octanol–water partition coefficient (Wildman–Crippen LogP) is 2.77. The highest BCUT2D eigenvalue weighted by Crippen LogP contribution is 2.20. The van der Waals surface area contributed by atoms with Crippen molar-refractivity contribution in [1.82, 2.24) is 5.32 Å². The normalized spacial score (nSPS) is 11.1. The summed E-state index contributed by atoms with van der Waals surface area (Å²) in [5.74, 6) is -0.392. The molecular formula is C12H15ClFNO2. The zero-order valence-corrected chi connectivity index (χ0v) is 10.8. The average Bonchev–Trinajstić information content (AvgIpc) is 2.17. The molecule has 3 nitrogen and oxygen atoms in total. The van der Waals surface area contributed by atoms with Gasteiger partial charge in [-0.25, -0.2) is 4.39 Å². The lowest BCUT2D eigenvalue weighted by Gasteiger charge is -2.20. The number of hydrogen-bond acceptors (Lipinski definition) is 2. The Morgan fingerprint density at radius 3 is 2.65 bits per heavy atom. The number of ether oxygens (including phenoxy) is 1. The van der Waals surface area contributed by atoms with Crippen LogP contribution in [0.2, 0.25) is 5.02 Å². The van der Waals surface area contributed by atoms with Crippen molar-refractivity contribution < 1.29 is 13.9 Å². The number of carbonyl (C=O) groups excluding carboxylic acids is 1. The second-order valence-electron chi connectivity index (χ2n) is 4.66. The minimum Gasteiger partial charge on any atom is -0.484 e. The van der Waals surface area contributed by atoms with Crippen molar-refractivity contribution in [2.24, 2.45) is 0 Å². The van der Waals surface area contributed by atoms with E-state index in [0.717, 1.165) is 0 Å². The third-order valence-electron chi connectivity index (χ3n) is 1.78. The van der Waals surface area contributed by atoms with E-state index >= 15 is 0 Å². The molecule has 94 valence electrons. The molecule has 1 aromatic rings. The second kappa shape index (κ2) is 5.36. The van der Waals surface area contributed by atoms with Gasteiger partial charge in [0.15, 0.2) is 6.61 Å². The first-order valence-corrected chi connectivity index (χ1v) is 5.54. The van der Waals surface area contributed by atoms with Crippen LogP contribution >= 0.6 is 11.6 Å². The van der Waals surface area contributed by atoms with E-state index in [4.69, 9.17) is 16.3 Å². The minimum absolute atomic E-state index is 0.0290. The molecule has 0 atom stereocenters. The van der Waals surface area contributed by atoms with Crippen molar-refractivity contribution >= 4 is 17.5 Å². The lowest BCUT2D eigenvalue weighted by atomic mass is 10.1. The van der Waals surface area contributed by atoms with Crippen LogP contribution in [0, 0.1) is 5.82 Å². The Labute approximate surface area is 105 Å². The van der Waals surface area contributed by atoms with Gasteiger partial charge < -0.3 is 10.1 Å². The van der Waals surface area contributed by atoms with Gasteiger partial charge >= 0.3 is 0 Å². The number of carbonyl (C=O) groups is 1. The van der Waals surface area contributed by atoms with E-state index in [-0.39, 0.29) is 23.1 Å². The summed E-state index contributed by atoms with van der Waals surface area (Å²) >= 11 is 5.58. The van der Waals surface area contributed by atoms with E-state index in [0.29, 0.717) is 5.75 Å². The molecule has 0 heterocycles. The summed E-state index contributed by atoms with van der Waals surface area (Å²) in [6.07, 6.45) is 0. The van der Waals surface area contributed by atoms with Crippen molar-refractivity contribution in [3.8, 4) is 5.75 Å². The molecule has 0 spiro atoms. The monoisotopic (exact) mass is 259 g/mol. The summed E-state index contributed by atoms with van der Waals surface area (Å²) in [6, 6.07) is 3.95. The molecule has 0 saturated carbocycles. The molecular weight excluding hydrogens is 245 g/mol. The van der Waals surface area contributed by atoms with E-state index in [2.05, 4.69) is 5.32 Å². The first-order valence-electron chi connectivity index (χ1n) is 5.17. The predicted molar refractivity (Wildman–Crippen MR) is 64.8 cm³/mol. The molecule has 1 N–H and O–H groups in total. The molecule has 0 unspecified atom stereocenters. The van der Waals surface area contributed by atoms with Crippen LogP contribution in [-0.4, -0.2) is 18.1 Å². The molecule has 0 fully saturated rings. The molecule has 0 aliphatic heterocycles. The van der Waals surface area contributed by atoms with Gasteiger partial charge in [-0.3, -0.25) is 4.79 Å². The highest BCUT2D eigenvalue weighted by atomic mass is 35.5. The van der Waals surface area contributed by atoms with Gasteiger partial charge in [-0.15, -0.1) is 0 Å². The Morgan fingerprint density at radius 1 is 1.47 bits per heavy atom. The summed E-state index contributed by atoms with van der Waals surface area (Å²) < 4.78 is 18.0. The van der Waals surface area contributed by atoms with E-state index in [1.165, 1.54) is 18.2 Å². The van der Waals surface area contributed by atoms with Crippen LogP contribution in [0.4, 0.5) is 4.39 Å². The lowest BCUT2D eigenvalue weighted by Crippen LogP contribution is -2.43. The average molecular weight is 260 g/mol. The maximum Gasteiger partial charge on any atom is 0.258 e. The molecule has 0 aromatic heterocycles. The summed E-state index contributed by atoms with van der Waals surface area (Å²) in [4.78, 5) is 11.4. The maximum atomic E-state index is 12.9. The van der Waals surface area contributed by atoms with E-state index < -0.39 is 5.82 Å². The fourth-order valence-corrected chi connectivity index (χ4v) is 1.34. The van der Waals surface area contributed by atoms with Gasteiger partial charge in [-0.1, -0.05) is 11.6 Å². The number of halogens is 2. The van der Waals surface area contributed by atoms with Crippen LogP contribution in [0.1, 0.15) is 20.8 Å². The minimum atomic E-state index is -0.516. The van der Waals surface area contributed by atoms with Crippen LogP contribution in [0.15, 0.2) is 18.2 Å². The van der Waals surface area contributed by atoms with Gasteiger partial charge in [0, 0.05) is 11.6 Å².